The van der Waals surface area contributed by atoms with Gasteiger partial charge in [-0.05, 0) is 41.9 Å². The second-order valence-corrected chi connectivity index (χ2v) is 5.19. The summed E-state index contributed by atoms with van der Waals surface area (Å²) in [6.45, 7) is 3.54. The fourth-order valence-corrected chi connectivity index (χ4v) is 2.24. The number of aryl methyl sites for hydroxylation is 2. The smallest absolute Gasteiger partial charge is 0.348 e. The summed E-state index contributed by atoms with van der Waals surface area (Å²) in [5.41, 5.74) is 1.51. The maximum absolute atomic E-state index is 12.2. The number of nitrogens with zero attached hydrogens (tertiary/aromatic N) is 3. The summed E-state index contributed by atoms with van der Waals surface area (Å²) in [5.74, 6) is -0.116. The maximum Gasteiger partial charge on any atom is 0.348 e. The van der Waals surface area contributed by atoms with Gasteiger partial charge in [-0.15, -0.1) is 0 Å². The van der Waals surface area contributed by atoms with Gasteiger partial charge in [0.1, 0.15) is 0 Å². The first kappa shape index (κ1) is 13.7. The second-order valence-electron chi connectivity index (χ2n) is 4.39. The van der Waals surface area contributed by atoms with E-state index >= 15 is 0 Å². The zero-order valence-electron chi connectivity index (χ0n) is 11.0. The fourth-order valence-electron chi connectivity index (χ4n) is 1.94. The SMILES string of the molecule is Cc1nc(=O)n(CC(=O)c2cccn2C)c(C)c1Br. The zero-order valence-corrected chi connectivity index (χ0v) is 12.6. The topological polar surface area (TPSA) is 56.9 Å². The van der Waals surface area contributed by atoms with Crippen molar-refractivity contribution in [3.8, 4) is 0 Å². The summed E-state index contributed by atoms with van der Waals surface area (Å²) < 4.78 is 3.87. The summed E-state index contributed by atoms with van der Waals surface area (Å²) in [4.78, 5) is 27.9. The van der Waals surface area contributed by atoms with Crippen LogP contribution in [0.15, 0.2) is 27.6 Å². The number of ketones is 1. The number of hydrogen-bond acceptors (Lipinski definition) is 3. The van der Waals surface area contributed by atoms with Gasteiger partial charge in [-0.3, -0.25) is 9.36 Å². The number of halogens is 1. The van der Waals surface area contributed by atoms with Crippen molar-refractivity contribution >= 4 is 21.7 Å². The molecule has 0 saturated carbocycles. The molecule has 0 unspecified atom stereocenters. The Balaban J connectivity index is 2.40. The molecule has 0 aromatic carbocycles. The molecule has 0 N–H and O–H groups in total. The van der Waals surface area contributed by atoms with Crippen LogP contribution in [0.1, 0.15) is 21.9 Å². The molecule has 100 valence electrons. The summed E-state index contributed by atoms with van der Waals surface area (Å²) >= 11 is 3.38. The largest absolute Gasteiger partial charge is 0.348 e. The first-order valence-corrected chi connectivity index (χ1v) is 6.59. The summed E-state index contributed by atoms with van der Waals surface area (Å²) in [5, 5.41) is 0. The molecule has 0 aliphatic carbocycles. The van der Waals surface area contributed by atoms with E-state index in [0.29, 0.717) is 17.1 Å². The number of hydrogen-bond donors (Lipinski definition) is 0. The van der Waals surface area contributed by atoms with E-state index in [0.717, 1.165) is 4.47 Å². The van der Waals surface area contributed by atoms with Gasteiger partial charge >= 0.3 is 5.69 Å². The van der Waals surface area contributed by atoms with Crippen LogP contribution in [0.4, 0.5) is 0 Å². The first-order chi connectivity index (χ1) is 8.91. The van der Waals surface area contributed by atoms with Crippen molar-refractivity contribution in [2.45, 2.75) is 20.4 Å². The lowest BCUT2D eigenvalue weighted by molar-refractivity contribution is 0.0961. The lowest BCUT2D eigenvalue weighted by Crippen LogP contribution is -2.30. The van der Waals surface area contributed by atoms with Crippen LogP contribution in [-0.2, 0) is 13.6 Å². The zero-order chi connectivity index (χ0) is 14.2. The highest BCUT2D eigenvalue weighted by molar-refractivity contribution is 9.10. The molecule has 0 bridgehead atoms. The second kappa shape index (κ2) is 5.13. The van der Waals surface area contributed by atoms with Gasteiger partial charge in [-0.1, -0.05) is 0 Å². The van der Waals surface area contributed by atoms with Crippen LogP contribution in [0.2, 0.25) is 0 Å². The lowest BCUT2D eigenvalue weighted by atomic mass is 10.2. The molecule has 2 aromatic rings. The van der Waals surface area contributed by atoms with Crippen molar-refractivity contribution < 1.29 is 4.79 Å². The van der Waals surface area contributed by atoms with Crippen molar-refractivity contribution in [3.05, 3.63) is 50.4 Å². The van der Waals surface area contributed by atoms with Crippen LogP contribution in [0, 0.1) is 13.8 Å². The number of carbonyl (C=O) groups excluding carboxylic acids is 1. The molecule has 0 aliphatic rings. The molecule has 0 radical (unpaired) electrons. The lowest BCUT2D eigenvalue weighted by Gasteiger charge is -2.11. The standard InChI is InChI=1S/C13H14BrN3O2/c1-8-12(14)9(2)17(13(19)15-8)7-11(18)10-5-4-6-16(10)3/h4-6H,7H2,1-3H3. The average molecular weight is 324 g/mol. The van der Waals surface area contributed by atoms with Gasteiger partial charge in [-0.25, -0.2) is 4.79 Å². The molecule has 2 rings (SSSR count). The Labute approximate surface area is 119 Å². The van der Waals surface area contributed by atoms with Gasteiger partial charge in [-0.2, -0.15) is 4.98 Å². The highest BCUT2D eigenvalue weighted by Gasteiger charge is 2.15. The summed E-state index contributed by atoms with van der Waals surface area (Å²) in [7, 11) is 1.80. The Hall–Kier alpha value is -1.69. The molecule has 0 spiro atoms. The summed E-state index contributed by atoms with van der Waals surface area (Å²) in [6.07, 6.45) is 1.80. The van der Waals surface area contributed by atoms with Crippen LogP contribution < -0.4 is 5.69 Å². The van der Waals surface area contributed by atoms with Crippen LogP contribution in [0.3, 0.4) is 0 Å². The van der Waals surface area contributed by atoms with Crippen LogP contribution in [0.25, 0.3) is 0 Å². The molecule has 6 heteroatoms. The minimum absolute atomic E-state index is 0.00556. The molecule has 0 amide bonds. The third-order valence-electron chi connectivity index (χ3n) is 3.07. The van der Waals surface area contributed by atoms with E-state index in [1.54, 1.807) is 43.8 Å². The third kappa shape index (κ3) is 2.53. The Kier molecular flexibility index (Phi) is 3.71. The highest BCUT2D eigenvalue weighted by Crippen LogP contribution is 2.17. The maximum atomic E-state index is 12.2. The van der Waals surface area contributed by atoms with E-state index in [4.69, 9.17) is 0 Å². The molecule has 2 aromatic heterocycles. The van der Waals surface area contributed by atoms with E-state index in [9.17, 15) is 9.59 Å². The highest BCUT2D eigenvalue weighted by atomic mass is 79.9. The fraction of sp³-hybridized carbons (Fsp3) is 0.308. The minimum Gasteiger partial charge on any atom is -0.348 e. The first-order valence-electron chi connectivity index (χ1n) is 5.80. The minimum atomic E-state index is -0.402. The number of aromatic nitrogens is 3. The van der Waals surface area contributed by atoms with Crippen molar-refractivity contribution in [3.63, 3.8) is 0 Å². The molecule has 2 heterocycles. The van der Waals surface area contributed by atoms with Gasteiger partial charge in [0, 0.05) is 18.9 Å². The van der Waals surface area contributed by atoms with E-state index < -0.39 is 5.69 Å². The molecule has 0 fully saturated rings. The predicted molar refractivity (Wildman–Crippen MR) is 75.4 cm³/mol. The molecular weight excluding hydrogens is 310 g/mol. The van der Waals surface area contributed by atoms with Gasteiger partial charge < -0.3 is 4.57 Å². The quantitative estimate of drug-likeness (QED) is 0.810. The Morgan fingerprint density at radius 3 is 2.68 bits per heavy atom. The Bertz CT molecular complexity index is 700. The molecule has 5 nitrogen and oxygen atoms in total. The molecule has 0 atom stereocenters. The Morgan fingerprint density at radius 1 is 1.42 bits per heavy atom. The van der Waals surface area contributed by atoms with Crippen molar-refractivity contribution in [2.24, 2.45) is 7.05 Å². The van der Waals surface area contributed by atoms with Crippen LogP contribution >= 0.6 is 15.9 Å². The van der Waals surface area contributed by atoms with E-state index in [1.165, 1.54) is 4.57 Å². The van der Waals surface area contributed by atoms with E-state index in [1.807, 2.05) is 0 Å². The number of rotatable bonds is 3. The van der Waals surface area contributed by atoms with Gasteiger partial charge in [0.25, 0.3) is 0 Å². The van der Waals surface area contributed by atoms with E-state index in [-0.39, 0.29) is 12.3 Å². The van der Waals surface area contributed by atoms with Gasteiger partial charge in [0.2, 0.25) is 0 Å². The van der Waals surface area contributed by atoms with Crippen molar-refractivity contribution in [1.29, 1.82) is 0 Å². The Morgan fingerprint density at radius 2 is 2.11 bits per heavy atom. The summed E-state index contributed by atoms with van der Waals surface area (Å²) in [6, 6.07) is 3.53. The average Bonchev–Trinajstić information content (AvgIpc) is 2.78. The molecule has 0 saturated heterocycles. The van der Waals surface area contributed by atoms with Crippen molar-refractivity contribution in [2.75, 3.05) is 0 Å². The molecular formula is C13H14BrN3O2. The van der Waals surface area contributed by atoms with Crippen LogP contribution in [-0.4, -0.2) is 19.9 Å². The number of Topliss-reactive ketones (excluding diaryl/α,β-unsaturated/α-hetero) is 1. The van der Waals surface area contributed by atoms with Crippen LogP contribution in [0.5, 0.6) is 0 Å². The predicted octanol–water partition coefficient (Wildman–Crippen LogP) is 1.84. The molecule has 0 aliphatic heterocycles. The van der Waals surface area contributed by atoms with Crippen molar-refractivity contribution in [1.82, 2.24) is 14.1 Å². The van der Waals surface area contributed by atoms with Gasteiger partial charge in [0.15, 0.2) is 5.78 Å². The number of carbonyl (C=O) groups is 1. The normalized spacial score (nSPS) is 10.7. The third-order valence-corrected chi connectivity index (χ3v) is 4.21. The monoisotopic (exact) mass is 323 g/mol. The van der Waals surface area contributed by atoms with Gasteiger partial charge in [0.05, 0.1) is 22.4 Å². The van der Waals surface area contributed by atoms with E-state index in [2.05, 4.69) is 20.9 Å². The molecule has 19 heavy (non-hydrogen) atoms.